The van der Waals surface area contributed by atoms with E-state index in [0.29, 0.717) is 29.2 Å². The van der Waals surface area contributed by atoms with Crippen LogP contribution in [0.15, 0.2) is 0 Å². The normalized spacial score (nSPS) is 12.3. The van der Waals surface area contributed by atoms with Gasteiger partial charge in [0.05, 0.1) is 24.3 Å². The Morgan fingerprint density at radius 2 is 2.22 bits per heavy atom. The third-order valence-corrected chi connectivity index (χ3v) is 3.43. The molecule has 0 fully saturated rings. The number of nitrogens with one attached hydrogen (secondary N) is 1. The minimum atomic E-state index is -3.05. The maximum absolute atomic E-state index is 11.2. The summed E-state index contributed by atoms with van der Waals surface area (Å²) >= 11 is 0. The fourth-order valence-corrected chi connectivity index (χ4v) is 2.21. The van der Waals surface area contributed by atoms with E-state index in [-0.39, 0.29) is 12.3 Å². The Kier molecular flexibility index (Phi) is 3.26. The number of sulfone groups is 1. The maximum Gasteiger partial charge on any atom is 0.182 e. The van der Waals surface area contributed by atoms with Crippen molar-refractivity contribution >= 4 is 26.7 Å². The van der Waals surface area contributed by atoms with Crippen molar-refractivity contribution in [1.82, 2.24) is 20.0 Å². The van der Waals surface area contributed by atoms with Gasteiger partial charge in [0.1, 0.15) is 21.3 Å². The van der Waals surface area contributed by atoms with Crippen molar-refractivity contribution in [3.05, 3.63) is 5.69 Å². The molecule has 0 aliphatic heterocycles. The monoisotopic (exact) mass is 273 g/mol. The largest absolute Gasteiger partial charge is 0.383 e. The molecule has 0 saturated carbocycles. The van der Waals surface area contributed by atoms with Crippen molar-refractivity contribution in [2.75, 3.05) is 24.9 Å². The van der Waals surface area contributed by atoms with Gasteiger partial charge >= 0.3 is 0 Å². The number of nitrogen functional groups attached to an aromatic ring is 1. The van der Waals surface area contributed by atoms with Crippen molar-refractivity contribution in [3.63, 3.8) is 0 Å². The van der Waals surface area contributed by atoms with E-state index in [2.05, 4.69) is 15.3 Å². The van der Waals surface area contributed by atoms with Crippen LogP contribution in [0.4, 0.5) is 5.82 Å². The Balaban J connectivity index is 2.39. The van der Waals surface area contributed by atoms with Crippen molar-refractivity contribution < 1.29 is 13.2 Å². The number of anilines is 1. The number of nitrogens with two attached hydrogens (primary N) is 1. The van der Waals surface area contributed by atoms with Gasteiger partial charge in [-0.3, -0.25) is 5.10 Å². The van der Waals surface area contributed by atoms with Gasteiger partial charge in [-0.25, -0.2) is 13.1 Å². The molecule has 0 spiro atoms. The van der Waals surface area contributed by atoms with Gasteiger partial charge < -0.3 is 10.5 Å². The first kappa shape index (κ1) is 12.8. The zero-order valence-electron chi connectivity index (χ0n) is 10.2. The molecule has 2 rings (SSSR count). The highest BCUT2D eigenvalue weighted by Crippen LogP contribution is 2.22. The van der Waals surface area contributed by atoms with Crippen molar-refractivity contribution in [2.45, 2.75) is 13.2 Å². The first-order valence-corrected chi connectivity index (χ1v) is 7.34. The van der Waals surface area contributed by atoms with E-state index in [9.17, 15) is 8.42 Å². The average molecular weight is 273 g/mol. The molecule has 0 radical (unpaired) electrons. The van der Waals surface area contributed by atoms with E-state index in [1.807, 2.05) is 0 Å². The van der Waals surface area contributed by atoms with Gasteiger partial charge in [-0.1, -0.05) is 0 Å². The quantitative estimate of drug-likeness (QED) is 0.761. The lowest BCUT2D eigenvalue weighted by atomic mass is 10.3. The summed E-state index contributed by atoms with van der Waals surface area (Å²) in [6.07, 6.45) is 1.18. The van der Waals surface area contributed by atoms with Crippen LogP contribution in [0, 0.1) is 0 Å². The Morgan fingerprint density at radius 1 is 1.50 bits per heavy atom. The standard InChI is InChI=1S/C9H15N5O3S/c1-17-5-6-7-8(10)11-12-9(7)14(13-6)3-4-18(2,15)16/h3-5H2,1-2H3,(H3,10,11,12). The molecule has 100 valence electrons. The first-order chi connectivity index (χ1) is 8.42. The SMILES string of the molecule is COCc1nn(CCS(C)(=O)=O)c2n[nH]c(N)c12. The molecule has 0 aromatic carbocycles. The lowest BCUT2D eigenvalue weighted by molar-refractivity contribution is 0.181. The van der Waals surface area contributed by atoms with Crippen molar-refractivity contribution in [1.29, 1.82) is 0 Å². The molecule has 0 unspecified atom stereocenters. The summed E-state index contributed by atoms with van der Waals surface area (Å²) in [6, 6.07) is 0. The van der Waals surface area contributed by atoms with Crippen molar-refractivity contribution in [2.24, 2.45) is 0 Å². The fourth-order valence-electron chi connectivity index (χ4n) is 1.71. The maximum atomic E-state index is 11.2. The second-order valence-electron chi connectivity index (χ2n) is 4.07. The number of ether oxygens (including phenoxy) is 1. The minimum absolute atomic E-state index is 0.00294. The highest BCUT2D eigenvalue weighted by atomic mass is 32.2. The molecule has 0 amide bonds. The van der Waals surface area contributed by atoms with E-state index < -0.39 is 9.84 Å². The molecule has 18 heavy (non-hydrogen) atoms. The Hall–Kier alpha value is -1.61. The van der Waals surface area contributed by atoms with Gasteiger partial charge in [-0.15, -0.1) is 0 Å². The van der Waals surface area contributed by atoms with Crippen LogP contribution in [0.5, 0.6) is 0 Å². The number of methoxy groups -OCH3 is 1. The van der Waals surface area contributed by atoms with E-state index in [1.165, 1.54) is 10.9 Å². The number of hydrogen-bond acceptors (Lipinski definition) is 6. The smallest absolute Gasteiger partial charge is 0.182 e. The van der Waals surface area contributed by atoms with Gasteiger partial charge in [0, 0.05) is 13.4 Å². The number of aromatic amines is 1. The molecule has 2 aromatic heterocycles. The van der Waals surface area contributed by atoms with Gasteiger partial charge in [0.15, 0.2) is 5.65 Å². The predicted octanol–water partition coefficient (Wildman–Crippen LogP) is -0.467. The molecule has 8 nitrogen and oxygen atoms in total. The van der Waals surface area contributed by atoms with Gasteiger partial charge in [0.25, 0.3) is 0 Å². The second-order valence-corrected chi connectivity index (χ2v) is 6.33. The van der Waals surface area contributed by atoms with E-state index >= 15 is 0 Å². The molecular formula is C9H15N5O3S. The summed E-state index contributed by atoms with van der Waals surface area (Å²) < 4.78 is 28.9. The Labute approximate surface area is 104 Å². The van der Waals surface area contributed by atoms with Crippen LogP contribution in [0.1, 0.15) is 5.69 Å². The molecule has 2 heterocycles. The number of aromatic nitrogens is 4. The summed E-state index contributed by atoms with van der Waals surface area (Å²) in [4.78, 5) is 0. The summed E-state index contributed by atoms with van der Waals surface area (Å²) in [5.74, 6) is 0.408. The fraction of sp³-hybridized carbons (Fsp3) is 0.556. The lowest BCUT2D eigenvalue weighted by Gasteiger charge is -2.00. The average Bonchev–Trinajstić information content (AvgIpc) is 2.79. The molecule has 0 aliphatic carbocycles. The third kappa shape index (κ3) is 2.46. The number of nitrogens with zero attached hydrogens (tertiary/aromatic N) is 3. The summed E-state index contributed by atoms with van der Waals surface area (Å²) in [7, 11) is -1.50. The molecule has 2 aromatic rings. The Morgan fingerprint density at radius 3 is 2.83 bits per heavy atom. The van der Waals surface area contributed by atoms with Crippen LogP contribution < -0.4 is 5.73 Å². The molecular weight excluding hydrogens is 258 g/mol. The van der Waals surface area contributed by atoms with Crippen molar-refractivity contribution in [3.8, 4) is 0 Å². The molecule has 0 saturated heterocycles. The molecule has 0 bridgehead atoms. The molecule has 0 atom stereocenters. The molecule has 9 heteroatoms. The van der Waals surface area contributed by atoms with Gasteiger partial charge in [0.2, 0.25) is 0 Å². The van der Waals surface area contributed by atoms with Crippen LogP contribution in [-0.2, 0) is 27.7 Å². The van der Waals surface area contributed by atoms with E-state index in [4.69, 9.17) is 10.5 Å². The van der Waals surface area contributed by atoms with Crippen LogP contribution in [0.3, 0.4) is 0 Å². The Bertz CT molecular complexity index is 657. The first-order valence-electron chi connectivity index (χ1n) is 5.28. The van der Waals surface area contributed by atoms with Crippen LogP contribution >= 0.6 is 0 Å². The number of hydrogen-bond donors (Lipinski definition) is 2. The molecule has 0 aliphatic rings. The highest BCUT2D eigenvalue weighted by molar-refractivity contribution is 7.90. The summed E-state index contributed by atoms with van der Waals surface area (Å²) in [5.41, 5.74) is 6.95. The third-order valence-electron chi connectivity index (χ3n) is 2.50. The second kappa shape index (κ2) is 4.58. The zero-order valence-corrected chi connectivity index (χ0v) is 11.0. The molecule has 3 N–H and O–H groups in total. The lowest BCUT2D eigenvalue weighted by Crippen LogP contribution is -2.12. The van der Waals surface area contributed by atoms with Crippen LogP contribution in [-0.4, -0.2) is 47.5 Å². The van der Waals surface area contributed by atoms with Crippen LogP contribution in [0.25, 0.3) is 11.0 Å². The predicted molar refractivity (Wildman–Crippen MR) is 66.7 cm³/mol. The number of H-pyrrole nitrogens is 1. The highest BCUT2D eigenvalue weighted by Gasteiger charge is 2.17. The van der Waals surface area contributed by atoms with Gasteiger partial charge in [-0.2, -0.15) is 10.2 Å². The topological polar surface area (TPSA) is 116 Å². The zero-order chi connectivity index (χ0) is 13.3. The summed E-state index contributed by atoms with van der Waals surface area (Å²) in [5, 5.41) is 11.6. The number of rotatable bonds is 5. The van der Waals surface area contributed by atoms with Crippen LogP contribution in [0.2, 0.25) is 0 Å². The van der Waals surface area contributed by atoms with Gasteiger partial charge in [-0.05, 0) is 0 Å². The van der Waals surface area contributed by atoms with E-state index in [0.717, 1.165) is 0 Å². The minimum Gasteiger partial charge on any atom is -0.383 e. The van der Waals surface area contributed by atoms with E-state index in [1.54, 1.807) is 7.11 Å². The number of fused-ring (bicyclic) bond motifs is 1. The number of aryl methyl sites for hydroxylation is 1. The summed E-state index contributed by atoms with van der Waals surface area (Å²) in [6.45, 7) is 0.537.